The first kappa shape index (κ1) is 11.1. The van der Waals surface area contributed by atoms with Gasteiger partial charge >= 0.3 is 0 Å². The van der Waals surface area contributed by atoms with E-state index < -0.39 is 0 Å². The molecular formula is C11H14BrCl. The molecule has 0 spiro atoms. The molecule has 0 aromatic heterocycles. The van der Waals surface area contributed by atoms with Gasteiger partial charge in [-0.25, -0.2) is 0 Å². The summed E-state index contributed by atoms with van der Waals surface area (Å²) in [6.07, 6.45) is 2.21. The van der Waals surface area contributed by atoms with E-state index in [1.54, 1.807) is 0 Å². The first-order chi connectivity index (χ1) is 6.27. The molecule has 1 atom stereocenters. The molecule has 0 aliphatic carbocycles. The molecule has 0 aliphatic rings. The van der Waals surface area contributed by atoms with Crippen LogP contribution in [0.5, 0.6) is 0 Å². The molecule has 2 heteroatoms. The summed E-state index contributed by atoms with van der Waals surface area (Å²) in [5, 5.41) is 0. The SMILES string of the molecule is CCC(CCl)Cc1ccccc1Br. The smallest absolute Gasteiger partial charge is 0.0254 e. The van der Waals surface area contributed by atoms with Crippen LogP contribution in [-0.4, -0.2) is 5.88 Å². The zero-order valence-electron chi connectivity index (χ0n) is 7.76. The van der Waals surface area contributed by atoms with Gasteiger partial charge in [-0.3, -0.25) is 0 Å². The summed E-state index contributed by atoms with van der Waals surface area (Å²) in [7, 11) is 0. The van der Waals surface area contributed by atoms with E-state index in [4.69, 9.17) is 11.6 Å². The zero-order chi connectivity index (χ0) is 9.68. The Morgan fingerprint density at radius 3 is 2.62 bits per heavy atom. The molecule has 0 N–H and O–H groups in total. The summed E-state index contributed by atoms with van der Waals surface area (Å²) >= 11 is 9.39. The Kier molecular flexibility index (Phi) is 4.82. The third-order valence-corrected chi connectivity index (χ3v) is 3.47. The third kappa shape index (κ3) is 3.32. The molecule has 0 amide bonds. The van der Waals surface area contributed by atoms with Gasteiger partial charge in [-0.15, -0.1) is 11.6 Å². The van der Waals surface area contributed by atoms with Crippen molar-refractivity contribution >= 4 is 27.5 Å². The van der Waals surface area contributed by atoms with E-state index in [0.717, 1.165) is 18.7 Å². The lowest BCUT2D eigenvalue weighted by Gasteiger charge is -2.11. The molecule has 1 aromatic carbocycles. The topological polar surface area (TPSA) is 0 Å². The second-order valence-electron chi connectivity index (χ2n) is 3.22. The standard InChI is InChI=1S/C11H14BrCl/c1-2-9(8-13)7-10-5-3-4-6-11(10)12/h3-6,9H,2,7-8H2,1H3. The highest BCUT2D eigenvalue weighted by molar-refractivity contribution is 9.10. The summed E-state index contributed by atoms with van der Waals surface area (Å²) in [6.45, 7) is 2.18. The molecule has 72 valence electrons. The Balaban J connectivity index is 2.67. The van der Waals surface area contributed by atoms with Crippen molar-refractivity contribution < 1.29 is 0 Å². The fourth-order valence-electron chi connectivity index (χ4n) is 1.28. The lowest BCUT2D eigenvalue weighted by Crippen LogP contribution is -2.05. The van der Waals surface area contributed by atoms with Gasteiger partial charge in [0.1, 0.15) is 0 Å². The highest BCUT2D eigenvalue weighted by Gasteiger charge is 2.07. The van der Waals surface area contributed by atoms with Gasteiger partial charge in [0.2, 0.25) is 0 Å². The number of rotatable bonds is 4. The van der Waals surface area contributed by atoms with E-state index in [2.05, 4.69) is 41.1 Å². The normalized spacial score (nSPS) is 12.8. The Hall–Kier alpha value is -0.0100. The maximum Gasteiger partial charge on any atom is 0.0254 e. The van der Waals surface area contributed by atoms with E-state index in [9.17, 15) is 0 Å². The van der Waals surface area contributed by atoms with Crippen LogP contribution in [0.3, 0.4) is 0 Å². The molecule has 0 bridgehead atoms. The van der Waals surface area contributed by atoms with Crippen LogP contribution in [0.2, 0.25) is 0 Å². The summed E-state index contributed by atoms with van der Waals surface area (Å²) in [5.74, 6) is 1.35. The second kappa shape index (κ2) is 5.66. The largest absolute Gasteiger partial charge is 0.126 e. The van der Waals surface area contributed by atoms with Gasteiger partial charge in [0.05, 0.1) is 0 Å². The van der Waals surface area contributed by atoms with Gasteiger partial charge in [0.25, 0.3) is 0 Å². The minimum Gasteiger partial charge on any atom is -0.126 e. The van der Waals surface area contributed by atoms with Crippen LogP contribution >= 0.6 is 27.5 Å². The van der Waals surface area contributed by atoms with Gasteiger partial charge in [0, 0.05) is 10.4 Å². The van der Waals surface area contributed by atoms with E-state index in [1.165, 1.54) is 10.0 Å². The molecule has 0 saturated heterocycles. The van der Waals surface area contributed by atoms with Gasteiger partial charge in [-0.2, -0.15) is 0 Å². The fourth-order valence-corrected chi connectivity index (χ4v) is 2.06. The van der Waals surface area contributed by atoms with Crippen LogP contribution in [0.25, 0.3) is 0 Å². The molecule has 0 saturated carbocycles. The van der Waals surface area contributed by atoms with Crippen LogP contribution in [0.15, 0.2) is 28.7 Å². The van der Waals surface area contributed by atoms with E-state index in [1.807, 2.05) is 6.07 Å². The van der Waals surface area contributed by atoms with E-state index >= 15 is 0 Å². The average molecular weight is 262 g/mol. The Morgan fingerprint density at radius 1 is 1.38 bits per heavy atom. The Morgan fingerprint density at radius 2 is 2.08 bits per heavy atom. The van der Waals surface area contributed by atoms with Crippen LogP contribution in [0.1, 0.15) is 18.9 Å². The number of halogens is 2. The molecule has 0 heterocycles. The van der Waals surface area contributed by atoms with E-state index in [0.29, 0.717) is 5.92 Å². The maximum absolute atomic E-state index is 5.85. The monoisotopic (exact) mass is 260 g/mol. The number of benzene rings is 1. The molecule has 0 aliphatic heterocycles. The van der Waals surface area contributed by atoms with Crippen LogP contribution in [0.4, 0.5) is 0 Å². The molecule has 1 rings (SSSR count). The van der Waals surface area contributed by atoms with E-state index in [-0.39, 0.29) is 0 Å². The number of hydrogen-bond donors (Lipinski definition) is 0. The molecule has 0 nitrogen and oxygen atoms in total. The van der Waals surface area contributed by atoms with Gasteiger partial charge < -0.3 is 0 Å². The van der Waals surface area contributed by atoms with Crippen molar-refractivity contribution in [3.05, 3.63) is 34.3 Å². The predicted octanol–water partition coefficient (Wildman–Crippen LogP) is 4.26. The molecule has 13 heavy (non-hydrogen) atoms. The van der Waals surface area contributed by atoms with Crippen molar-refractivity contribution in [3.63, 3.8) is 0 Å². The van der Waals surface area contributed by atoms with Crippen LogP contribution in [-0.2, 0) is 6.42 Å². The van der Waals surface area contributed by atoms with Crippen LogP contribution < -0.4 is 0 Å². The lowest BCUT2D eigenvalue weighted by molar-refractivity contribution is 0.565. The molecular weight excluding hydrogens is 247 g/mol. The summed E-state index contributed by atoms with van der Waals surface area (Å²) in [4.78, 5) is 0. The van der Waals surface area contributed by atoms with Crippen molar-refractivity contribution in [1.29, 1.82) is 0 Å². The summed E-state index contributed by atoms with van der Waals surface area (Å²) in [5.41, 5.74) is 1.36. The summed E-state index contributed by atoms with van der Waals surface area (Å²) in [6, 6.07) is 8.34. The minimum atomic E-state index is 0.598. The zero-order valence-corrected chi connectivity index (χ0v) is 10.1. The molecule has 1 aromatic rings. The van der Waals surface area contributed by atoms with Crippen molar-refractivity contribution in [2.75, 3.05) is 5.88 Å². The highest BCUT2D eigenvalue weighted by Crippen LogP contribution is 2.21. The first-order valence-electron chi connectivity index (χ1n) is 4.57. The molecule has 1 unspecified atom stereocenters. The maximum atomic E-state index is 5.85. The van der Waals surface area contributed by atoms with Crippen molar-refractivity contribution in [2.45, 2.75) is 19.8 Å². The number of hydrogen-bond acceptors (Lipinski definition) is 0. The van der Waals surface area contributed by atoms with Crippen molar-refractivity contribution in [3.8, 4) is 0 Å². The third-order valence-electron chi connectivity index (χ3n) is 2.26. The average Bonchev–Trinajstić information content (AvgIpc) is 2.17. The quantitative estimate of drug-likeness (QED) is 0.711. The van der Waals surface area contributed by atoms with Gasteiger partial charge in [0.15, 0.2) is 0 Å². The Bertz CT molecular complexity index is 256. The van der Waals surface area contributed by atoms with Crippen molar-refractivity contribution in [2.24, 2.45) is 5.92 Å². The second-order valence-corrected chi connectivity index (χ2v) is 4.39. The predicted molar refractivity (Wildman–Crippen MR) is 62.3 cm³/mol. The molecule has 0 radical (unpaired) electrons. The van der Waals surface area contributed by atoms with Crippen LogP contribution in [0, 0.1) is 5.92 Å². The highest BCUT2D eigenvalue weighted by atomic mass is 79.9. The van der Waals surface area contributed by atoms with Gasteiger partial charge in [-0.1, -0.05) is 47.5 Å². The lowest BCUT2D eigenvalue weighted by atomic mass is 9.99. The van der Waals surface area contributed by atoms with Crippen molar-refractivity contribution in [1.82, 2.24) is 0 Å². The first-order valence-corrected chi connectivity index (χ1v) is 5.90. The fraction of sp³-hybridized carbons (Fsp3) is 0.455. The Labute approximate surface area is 93.4 Å². The number of alkyl halides is 1. The summed E-state index contributed by atoms with van der Waals surface area (Å²) < 4.78 is 1.19. The molecule has 0 fully saturated rings. The van der Waals surface area contributed by atoms with Gasteiger partial charge in [-0.05, 0) is 24.0 Å². The minimum absolute atomic E-state index is 0.598.